The molecule has 2 aromatic rings. The zero-order chi connectivity index (χ0) is 20.4. The van der Waals surface area contributed by atoms with Gasteiger partial charge in [0.05, 0.1) is 17.0 Å². The number of aromatic nitrogens is 1. The first kappa shape index (κ1) is 21.1. The lowest BCUT2D eigenvalue weighted by Crippen LogP contribution is -2.30. The van der Waals surface area contributed by atoms with Gasteiger partial charge in [0.1, 0.15) is 5.76 Å². The van der Waals surface area contributed by atoms with Crippen LogP contribution in [0.2, 0.25) is 0 Å². The first-order valence-electron chi connectivity index (χ1n) is 8.94. The van der Waals surface area contributed by atoms with E-state index in [4.69, 9.17) is 4.52 Å². The van der Waals surface area contributed by atoms with Gasteiger partial charge in [-0.1, -0.05) is 19.0 Å². The Bertz CT molecular complexity index is 925. The maximum absolute atomic E-state index is 12.8. The largest absolute Gasteiger partial charge is 0.361 e. The van der Waals surface area contributed by atoms with Gasteiger partial charge in [-0.05, 0) is 51.0 Å². The zero-order valence-electron chi connectivity index (χ0n) is 16.7. The molecule has 0 saturated heterocycles. The molecule has 0 aliphatic heterocycles. The minimum absolute atomic E-state index is 0.118. The van der Waals surface area contributed by atoms with Crippen molar-refractivity contribution in [3.8, 4) is 0 Å². The van der Waals surface area contributed by atoms with Gasteiger partial charge in [0.2, 0.25) is 15.9 Å². The van der Waals surface area contributed by atoms with Gasteiger partial charge in [-0.3, -0.25) is 4.79 Å². The second kappa shape index (κ2) is 8.22. The summed E-state index contributed by atoms with van der Waals surface area (Å²) >= 11 is 0. The van der Waals surface area contributed by atoms with E-state index >= 15 is 0 Å². The highest BCUT2D eigenvalue weighted by atomic mass is 32.2. The molecule has 0 aliphatic carbocycles. The second-order valence-corrected chi connectivity index (χ2v) is 8.47. The maximum atomic E-state index is 12.8. The van der Waals surface area contributed by atoms with E-state index in [9.17, 15) is 13.2 Å². The first-order valence-corrected chi connectivity index (χ1v) is 10.4. The number of carbonyl (C=O) groups is 1. The van der Waals surface area contributed by atoms with Gasteiger partial charge in [0, 0.05) is 24.3 Å². The molecule has 0 bridgehead atoms. The topological polar surface area (TPSA) is 92.5 Å². The third-order valence-corrected chi connectivity index (χ3v) is 6.80. The molecule has 8 heteroatoms. The summed E-state index contributed by atoms with van der Waals surface area (Å²) in [6, 6.07) is 3.17. The molecule has 1 aromatic carbocycles. The Morgan fingerprint density at radius 3 is 2.30 bits per heavy atom. The van der Waals surface area contributed by atoms with Gasteiger partial charge >= 0.3 is 0 Å². The van der Waals surface area contributed by atoms with E-state index < -0.39 is 10.0 Å². The van der Waals surface area contributed by atoms with Crippen molar-refractivity contribution in [2.45, 2.75) is 52.9 Å². The molecule has 0 aliphatic rings. The third-order valence-electron chi connectivity index (χ3n) is 4.78. The molecule has 0 fully saturated rings. The van der Waals surface area contributed by atoms with E-state index in [1.807, 2.05) is 13.8 Å². The van der Waals surface area contributed by atoms with E-state index in [0.717, 1.165) is 16.7 Å². The molecular formula is C19H27N3O4S. The monoisotopic (exact) mass is 393 g/mol. The molecule has 2 rings (SSSR count). The standard InChI is InChI=1S/C19H27N3O4S/c1-7-22(8-2)27(24,25)16-9-12(3)13(4)18(10-16)20-19(23)11-17-14(5)21-26-15(17)6/h9-10H,7-8,11H2,1-6H3,(H,20,23). The Balaban J connectivity index is 2.35. The van der Waals surface area contributed by atoms with E-state index in [1.54, 1.807) is 33.8 Å². The van der Waals surface area contributed by atoms with Crippen molar-refractivity contribution < 1.29 is 17.7 Å². The van der Waals surface area contributed by atoms with Gasteiger partial charge in [0.25, 0.3) is 0 Å². The van der Waals surface area contributed by atoms with E-state index in [2.05, 4.69) is 10.5 Å². The molecule has 0 spiro atoms. The van der Waals surface area contributed by atoms with Crippen LogP contribution in [0.3, 0.4) is 0 Å². The fourth-order valence-electron chi connectivity index (χ4n) is 2.93. The van der Waals surface area contributed by atoms with Crippen LogP contribution in [0, 0.1) is 27.7 Å². The quantitative estimate of drug-likeness (QED) is 0.780. The Morgan fingerprint density at radius 1 is 1.15 bits per heavy atom. The number of benzene rings is 1. The van der Waals surface area contributed by atoms with Crippen molar-refractivity contribution in [1.29, 1.82) is 0 Å². The van der Waals surface area contributed by atoms with E-state index in [0.29, 0.717) is 30.2 Å². The Kier molecular flexibility index (Phi) is 6.43. The number of nitrogens with one attached hydrogen (secondary N) is 1. The molecule has 27 heavy (non-hydrogen) atoms. The van der Waals surface area contributed by atoms with Gasteiger partial charge in [0.15, 0.2) is 0 Å². The number of sulfonamides is 1. The molecule has 7 nitrogen and oxygen atoms in total. The van der Waals surface area contributed by atoms with Crippen LogP contribution in [-0.4, -0.2) is 36.9 Å². The molecule has 1 amide bonds. The lowest BCUT2D eigenvalue weighted by molar-refractivity contribution is -0.115. The average Bonchev–Trinajstić information content (AvgIpc) is 2.91. The Morgan fingerprint density at radius 2 is 1.78 bits per heavy atom. The van der Waals surface area contributed by atoms with Crippen LogP contribution >= 0.6 is 0 Å². The van der Waals surface area contributed by atoms with Crippen molar-refractivity contribution in [2.24, 2.45) is 0 Å². The summed E-state index contributed by atoms with van der Waals surface area (Å²) in [5.74, 6) is 0.359. The summed E-state index contributed by atoms with van der Waals surface area (Å²) in [6.07, 6.45) is 0.118. The van der Waals surface area contributed by atoms with Crippen LogP contribution in [-0.2, 0) is 21.2 Å². The number of amides is 1. The summed E-state index contributed by atoms with van der Waals surface area (Å²) in [5, 5.41) is 6.69. The van der Waals surface area contributed by atoms with Gasteiger partial charge in [-0.15, -0.1) is 0 Å². The molecule has 0 saturated carbocycles. The fourth-order valence-corrected chi connectivity index (χ4v) is 4.50. The summed E-state index contributed by atoms with van der Waals surface area (Å²) in [7, 11) is -3.61. The third kappa shape index (κ3) is 4.39. The highest BCUT2D eigenvalue weighted by molar-refractivity contribution is 7.89. The van der Waals surface area contributed by atoms with E-state index in [-0.39, 0.29) is 17.2 Å². The number of rotatable bonds is 7. The summed E-state index contributed by atoms with van der Waals surface area (Å²) < 4.78 is 32.2. The molecule has 0 radical (unpaired) electrons. The predicted molar refractivity (Wildman–Crippen MR) is 104 cm³/mol. The zero-order valence-corrected chi connectivity index (χ0v) is 17.5. The average molecular weight is 394 g/mol. The van der Waals surface area contributed by atoms with Gasteiger partial charge in [-0.25, -0.2) is 8.42 Å². The molecule has 1 N–H and O–H groups in total. The first-order chi connectivity index (χ1) is 12.6. The minimum atomic E-state index is -3.61. The van der Waals surface area contributed by atoms with Crippen molar-refractivity contribution in [2.75, 3.05) is 18.4 Å². The lowest BCUT2D eigenvalue weighted by atomic mass is 10.1. The SMILES string of the molecule is CCN(CC)S(=O)(=O)c1cc(C)c(C)c(NC(=O)Cc2c(C)noc2C)c1. The molecule has 1 aromatic heterocycles. The number of carbonyl (C=O) groups excluding carboxylic acids is 1. The molecule has 0 atom stereocenters. The Hall–Kier alpha value is -2.19. The van der Waals surface area contributed by atoms with Gasteiger partial charge < -0.3 is 9.84 Å². The maximum Gasteiger partial charge on any atom is 0.243 e. The summed E-state index contributed by atoms with van der Waals surface area (Å²) in [4.78, 5) is 12.7. The fraction of sp³-hybridized carbons (Fsp3) is 0.474. The van der Waals surface area contributed by atoms with Crippen molar-refractivity contribution in [3.05, 3.63) is 40.3 Å². The lowest BCUT2D eigenvalue weighted by Gasteiger charge is -2.20. The van der Waals surface area contributed by atoms with Crippen LogP contribution in [0.25, 0.3) is 0 Å². The molecule has 1 heterocycles. The van der Waals surface area contributed by atoms with Crippen LogP contribution in [0.5, 0.6) is 0 Å². The van der Waals surface area contributed by atoms with Crippen molar-refractivity contribution in [3.63, 3.8) is 0 Å². The molecule has 148 valence electrons. The number of hydrogen-bond donors (Lipinski definition) is 1. The van der Waals surface area contributed by atoms with Crippen LogP contribution in [0.1, 0.15) is 42.0 Å². The molecule has 0 unspecified atom stereocenters. The van der Waals surface area contributed by atoms with Crippen molar-refractivity contribution >= 4 is 21.6 Å². The Labute approximate surface area is 160 Å². The van der Waals surface area contributed by atoms with Crippen LogP contribution in [0.4, 0.5) is 5.69 Å². The van der Waals surface area contributed by atoms with Crippen molar-refractivity contribution in [1.82, 2.24) is 9.46 Å². The number of anilines is 1. The number of aryl methyl sites for hydroxylation is 3. The minimum Gasteiger partial charge on any atom is -0.361 e. The van der Waals surface area contributed by atoms with Crippen LogP contribution < -0.4 is 5.32 Å². The highest BCUT2D eigenvalue weighted by Crippen LogP contribution is 2.26. The van der Waals surface area contributed by atoms with Crippen LogP contribution in [0.15, 0.2) is 21.6 Å². The van der Waals surface area contributed by atoms with Gasteiger partial charge in [-0.2, -0.15) is 4.31 Å². The smallest absolute Gasteiger partial charge is 0.243 e. The normalized spacial score (nSPS) is 11.8. The van der Waals surface area contributed by atoms with E-state index in [1.165, 1.54) is 10.4 Å². The second-order valence-electron chi connectivity index (χ2n) is 6.53. The highest BCUT2D eigenvalue weighted by Gasteiger charge is 2.24. The predicted octanol–water partition coefficient (Wildman–Crippen LogP) is 3.12. The molecular weight excluding hydrogens is 366 g/mol. The number of nitrogens with zero attached hydrogens (tertiary/aromatic N) is 2. The summed E-state index contributed by atoms with van der Waals surface area (Å²) in [6.45, 7) is 11.6. The number of hydrogen-bond acceptors (Lipinski definition) is 5. The summed E-state index contributed by atoms with van der Waals surface area (Å²) in [5.41, 5.74) is 3.55.